The number of ether oxygens (including phenoxy) is 1. The fourth-order valence-electron chi connectivity index (χ4n) is 3.10. The van der Waals surface area contributed by atoms with Crippen molar-refractivity contribution in [2.75, 3.05) is 13.7 Å². The highest BCUT2D eigenvalue weighted by atomic mass is 19.4. The van der Waals surface area contributed by atoms with Crippen LogP contribution in [-0.4, -0.2) is 40.4 Å². The first-order valence-electron chi connectivity index (χ1n) is 9.55. The van der Waals surface area contributed by atoms with Gasteiger partial charge in [-0.05, 0) is 42.3 Å². The Hall–Kier alpha value is -3.82. The minimum absolute atomic E-state index is 0.0520. The lowest BCUT2D eigenvalue weighted by Gasteiger charge is -2.15. The van der Waals surface area contributed by atoms with Gasteiger partial charge >= 0.3 is 12.1 Å². The molecule has 168 valence electrons. The van der Waals surface area contributed by atoms with Crippen molar-refractivity contribution in [2.24, 2.45) is 5.92 Å². The molecule has 1 amide bonds. The number of rotatable bonds is 8. The second-order valence-corrected chi connectivity index (χ2v) is 6.95. The fraction of sp³-hybridized carbons (Fsp3) is 0.227. The molecule has 1 heterocycles. The van der Waals surface area contributed by atoms with Gasteiger partial charge in [-0.15, -0.1) is 0 Å². The molecule has 32 heavy (non-hydrogen) atoms. The van der Waals surface area contributed by atoms with Crippen molar-refractivity contribution in [1.29, 1.82) is 0 Å². The standard InChI is InChI=1S/C22H20F3N3O4/c1-32-19-8-3-2-5-14(19)11-15(21(30)31)13-26-20(29)18-9-10-28(27-18)17-7-4-6-16(12-17)22(23,24)25/h2-10,12,15H,11,13H2,1H3,(H,26,29)(H,30,31)/t15-/m1/s1. The second kappa shape index (κ2) is 9.54. The first-order chi connectivity index (χ1) is 15.2. The first kappa shape index (κ1) is 22.9. The molecule has 2 aromatic carbocycles. The number of aliphatic carboxylic acids is 1. The van der Waals surface area contributed by atoms with Gasteiger partial charge in [-0.1, -0.05) is 24.3 Å². The predicted molar refractivity (Wildman–Crippen MR) is 109 cm³/mol. The van der Waals surface area contributed by atoms with Crippen molar-refractivity contribution in [3.05, 3.63) is 77.6 Å². The number of methoxy groups -OCH3 is 1. The number of amides is 1. The molecule has 0 bridgehead atoms. The van der Waals surface area contributed by atoms with Crippen LogP contribution in [0, 0.1) is 5.92 Å². The number of hydrogen-bond acceptors (Lipinski definition) is 4. The molecule has 0 aliphatic heterocycles. The number of alkyl halides is 3. The Kier molecular flexibility index (Phi) is 6.82. The summed E-state index contributed by atoms with van der Waals surface area (Å²) in [6, 6.07) is 12.9. The van der Waals surface area contributed by atoms with Gasteiger partial charge in [0.15, 0.2) is 5.69 Å². The Morgan fingerprint density at radius 2 is 1.91 bits per heavy atom. The van der Waals surface area contributed by atoms with Gasteiger partial charge in [0.2, 0.25) is 0 Å². The Bertz CT molecular complexity index is 1110. The van der Waals surface area contributed by atoms with E-state index in [9.17, 15) is 27.9 Å². The molecule has 0 saturated carbocycles. The van der Waals surface area contributed by atoms with Crippen LogP contribution < -0.4 is 10.1 Å². The number of hydrogen-bond donors (Lipinski definition) is 2. The fourth-order valence-corrected chi connectivity index (χ4v) is 3.10. The summed E-state index contributed by atoms with van der Waals surface area (Å²) in [5, 5.41) is 16.1. The molecule has 0 saturated heterocycles. The van der Waals surface area contributed by atoms with E-state index in [1.54, 1.807) is 24.3 Å². The van der Waals surface area contributed by atoms with Crippen LogP contribution in [-0.2, 0) is 17.4 Å². The van der Waals surface area contributed by atoms with Crippen LogP contribution in [0.25, 0.3) is 5.69 Å². The molecule has 3 aromatic rings. The second-order valence-electron chi connectivity index (χ2n) is 6.95. The number of aromatic nitrogens is 2. The summed E-state index contributed by atoms with van der Waals surface area (Å²) in [5.74, 6) is -2.10. The minimum atomic E-state index is -4.50. The van der Waals surface area contributed by atoms with Gasteiger partial charge in [0.1, 0.15) is 5.75 Å². The van der Waals surface area contributed by atoms with Gasteiger partial charge < -0.3 is 15.2 Å². The zero-order valence-corrected chi connectivity index (χ0v) is 17.0. The third kappa shape index (κ3) is 5.45. The minimum Gasteiger partial charge on any atom is -0.496 e. The zero-order chi connectivity index (χ0) is 23.3. The Labute approximate surface area is 181 Å². The number of carbonyl (C=O) groups is 2. The molecule has 2 N–H and O–H groups in total. The number of nitrogens with one attached hydrogen (secondary N) is 1. The molecule has 0 radical (unpaired) electrons. The molecule has 0 unspecified atom stereocenters. The summed E-state index contributed by atoms with van der Waals surface area (Å²) in [5.41, 5.74) is -0.0649. The van der Waals surface area contributed by atoms with Crippen LogP contribution in [0.1, 0.15) is 21.6 Å². The maximum atomic E-state index is 12.9. The Morgan fingerprint density at radius 3 is 2.59 bits per heavy atom. The van der Waals surface area contributed by atoms with Crippen molar-refractivity contribution < 1.29 is 32.6 Å². The molecule has 7 nitrogen and oxygen atoms in total. The molecule has 0 aliphatic rings. The number of para-hydroxylation sites is 1. The topological polar surface area (TPSA) is 93.5 Å². The summed E-state index contributed by atoms with van der Waals surface area (Å²) in [6.07, 6.45) is -3.01. The zero-order valence-electron chi connectivity index (χ0n) is 17.0. The third-order valence-corrected chi connectivity index (χ3v) is 4.78. The van der Waals surface area contributed by atoms with Gasteiger partial charge in [0.05, 0.1) is 24.3 Å². The summed E-state index contributed by atoms with van der Waals surface area (Å²) in [7, 11) is 1.48. The molecule has 1 atom stereocenters. The average Bonchev–Trinajstić information content (AvgIpc) is 3.26. The quantitative estimate of drug-likeness (QED) is 0.551. The van der Waals surface area contributed by atoms with E-state index in [0.29, 0.717) is 11.3 Å². The van der Waals surface area contributed by atoms with E-state index >= 15 is 0 Å². The average molecular weight is 447 g/mol. The molecule has 0 fully saturated rings. The number of carboxylic acids is 1. The molecule has 10 heteroatoms. The van der Waals surface area contributed by atoms with Crippen LogP contribution in [0.15, 0.2) is 60.8 Å². The van der Waals surface area contributed by atoms with Crippen molar-refractivity contribution in [2.45, 2.75) is 12.6 Å². The van der Waals surface area contributed by atoms with Crippen molar-refractivity contribution in [1.82, 2.24) is 15.1 Å². The predicted octanol–water partition coefficient (Wildman–Crippen LogP) is 3.57. The van der Waals surface area contributed by atoms with Crippen molar-refractivity contribution in [3.63, 3.8) is 0 Å². The SMILES string of the molecule is COc1ccccc1C[C@H](CNC(=O)c1ccn(-c2cccc(C(F)(F)F)c2)n1)C(=O)O. The van der Waals surface area contributed by atoms with E-state index in [0.717, 1.165) is 16.8 Å². The number of carbonyl (C=O) groups excluding carboxylic acids is 1. The Morgan fingerprint density at radius 1 is 1.16 bits per heavy atom. The smallest absolute Gasteiger partial charge is 0.416 e. The monoisotopic (exact) mass is 447 g/mol. The molecule has 0 spiro atoms. The van der Waals surface area contributed by atoms with E-state index in [4.69, 9.17) is 4.74 Å². The van der Waals surface area contributed by atoms with Crippen LogP contribution in [0.4, 0.5) is 13.2 Å². The lowest BCUT2D eigenvalue weighted by atomic mass is 9.98. The summed E-state index contributed by atoms with van der Waals surface area (Å²) >= 11 is 0. The molecule has 0 aliphatic carbocycles. The van der Waals surface area contributed by atoms with Crippen LogP contribution in [0.2, 0.25) is 0 Å². The maximum Gasteiger partial charge on any atom is 0.416 e. The van der Waals surface area contributed by atoms with Gasteiger partial charge in [0, 0.05) is 12.7 Å². The molecule has 3 rings (SSSR count). The highest BCUT2D eigenvalue weighted by Crippen LogP contribution is 2.30. The number of benzene rings is 2. The van der Waals surface area contributed by atoms with Crippen LogP contribution in [0.5, 0.6) is 5.75 Å². The van der Waals surface area contributed by atoms with Gasteiger partial charge in [-0.2, -0.15) is 18.3 Å². The van der Waals surface area contributed by atoms with Crippen LogP contribution in [0.3, 0.4) is 0 Å². The summed E-state index contributed by atoms with van der Waals surface area (Å²) in [4.78, 5) is 24.1. The van der Waals surface area contributed by atoms with E-state index in [-0.39, 0.29) is 24.3 Å². The van der Waals surface area contributed by atoms with Crippen molar-refractivity contribution in [3.8, 4) is 11.4 Å². The number of nitrogens with zero attached hydrogens (tertiary/aromatic N) is 2. The number of halogens is 3. The number of carboxylic acid groups (broad SMARTS) is 1. The van der Waals surface area contributed by atoms with E-state index < -0.39 is 29.5 Å². The maximum absolute atomic E-state index is 12.9. The van der Waals surface area contributed by atoms with E-state index in [1.165, 1.54) is 31.5 Å². The van der Waals surface area contributed by atoms with Gasteiger partial charge in [-0.25, -0.2) is 4.68 Å². The van der Waals surface area contributed by atoms with E-state index in [1.807, 2.05) is 0 Å². The third-order valence-electron chi connectivity index (χ3n) is 4.78. The lowest BCUT2D eigenvalue weighted by molar-refractivity contribution is -0.141. The van der Waals surface area contributed by atoms with E-state index in [2.05, 4.69) is 10.4 Å². The van der Waals surface area contributed by atoms with Gasteiger partial charge in [0.25, 0.3) is 5.91 Å². The molecular formula is C22H20F3N3O4. The molecular weight excluding hydrogens is 427 g/mol. The first-order valence-corrected chi connectivity index (χ1v) is 9.55. The summed E-state index contributed by atoms with van der Waals surface area (Å²) in [6.45, 7) is -0.164. The van der Waals surface area contributed by atoms with Gasteiger partial charge in [-0.3, -0.25) is 9.59 Å². The van der Waals surface area contributed by atoms with Crippen molar-refractivity contribution >= 4 is 11.9 Å². The highest BCUT2D eigenvalue weighted by Gasteiger charge is 2.30. The highest BCUT2D eigenvalue weighted by molar-refractivity contribution is 5.92. The molecule has 1 aromatic heterocycles. The Balaban J connectivity index is 1.68. The van der Waals surface area contributed by atoms with Crippen LogP contribution >= 0.6 is 0 Å². The largest absolute Gasteiger partial charge is 0.496 e. The lowest BCUT2D eigenvalue weighted by Crippen LogP contribution is -2.34. The summed E-state index contributed by atoms with van der Waals surface area (Å²) < 4.78 is 45.1. The normalized spacial score (nSPS) is 12.2.